The van der Waals surface area contributed by atoms with Crippen LogP contribution in [0.4, 0.5) is 0 Å². The van der Waals surface area contributed by atoms with Crippen LogP contribution in [0.25, 0.3) is 0 Å². The van der Waals surface area contributed by atoms with Crippen molar-refractivity contribution in [1.82, 2.24) is 4.98 Å². The van der Waals surface area contributed by atoms with E-state index in [2.05, 4.69) is 4.98 Å². The van der Waals surface area contributed by atoms with Gasteiger partial charge in [0, 0.05) is 0 Å². The smallest absolute Gasteiger partial charge is 0.146 e. The first-order valence-electron chi connectivity index (χ1n) is 5.64. The van der Waals surface area contributed by atoms with Crippen LogP contribution in [0.15, 0.2) is 36.5 Å². The molecule has 1 aromatic heterocycles. The summed E-state index contributed by atoms with van der Waals surface area (Å²) in [5, 5.41) is 9.92. The van der Waals surface area contributed by atoms with Crippen molar-refractivity contribution in [3.63, 3.8) is 0 Å². The average Bonchev–Trinajstić information content (AvgIpc) is 2.33. The van der Waals surface area contributed by atoms with Gasteiger partial charge in [0.25, 0.3) is 0 Å². The zero-order valence-electron chi connectivity index (χ0n) is 10.2. The Labute approximate surface area is 111 Å². The van der Waals surface area contributed by atoms with Crippen molar-refractivity contribution in [3.8, 4) is 11.5 Å². The third kappa shape index (κ3) is 3.00. The Bertz CT molecular complexity index is 538. The van der Waals surface area contributed by atoms with Gasteiger partial charge >= 0.3 is 0 Å². The number of halogens is 1. The molecule has 3 nitrogen and oxygen atoms in total. The van der Waals surface area contributed by atoms with Crippen molar-refractivity contribution in [3.05, 3.63) is 52.8 Å². The number of aromatic nitrogens is 1. The molecular weight excluding hydrogens is 250 g/mol. The first-order chi connectivity index (χ1) is 8.56. The van der Waals surface area contributed by atoms with E-state index in [-0.39, 0.29) is 0 Å². The molecule has 2 aromatic rings. The summed E-state index contributed by atoms with van der Waals surface area (Å²) >= 11 is 6.08. The van der Waals surface area contributed by atoms with Crippen LogP contribution in [0.3, 0.4) is 0 Å². The number of aliphatic hydroxyl groups is 1. The van der Waals surface area contributed by atoms with Gasteiger partial charge in [-0.15, -0.1) is 0 Å². The van der Waals surface area contributed by atoms with Crippen molar-refractivity contribution >= 4 is 11.6 Å². The summed E-state index contributed by atoms with van der Waals surface area (Å²) in [6.07, 6.45) is 0.986. The number of hydrogen-bond acceptors (Lipinski definition) is 3. The minimum Gasteiger partial charge on any atom is -0.454 e. The van der Waals surface area contributed by atoms with E-state index in [4.69, 9.17) is 16.3 Å². The van der Waals surface area contributed by atoms with E-state index in [1.807, 2.05) is 25.1 Å². The number of hydrogen-bond donors (Lipinski definition) is 1. The van der Waals surface area contributed by atoms with Crippen molar-refractivity contribution in [1.29, 1.82) is 0 Å². The van der Waals surface area contributed by atoms with Crippen LogP contribution in [0.2, 0.25) is 5.02 Å². The van der Waals surface area contributed by atoms with Gasteiger partial charge in [0.15, 0.2) is 0 Å². The predicted octanol–water partition coefficient (Wildman–Crippen LogP) is 3.89. The highest BCUT2D eigenvalue weighted by atomic mass is 35.5. The molecule has 1 atom stereocenters. The molecule has 2 rings (SSSR count). The summed E-state index contributed by atoms with van der Waals surface area (Å²) in [7, 11) is 0. The van der Waals surface area contributed by atoms with Crippen LogP contribution < -0.4 is 4.74 Å². The highest BCUT2D eigenvalue weighted by Gasteiger charge is 2.05. The van der Waals surface area contributed by atoms with Gasteiger partial charge in [-0.3, -0.25) is 4.98 Å². The number of aliphatic hydroxyl groups excluding tert-OH is 1. The van der Waals surface area contributed by atoms with Gasteiger partial charge < -0.3 is 9.84 Å². The maximum absolute atomic E-state index is 9.35. The standard InChI is InChI=1S/C14H14ClNO2/c1-9-3-6-14(12(15)7-9)18-11-4-5-13(10(2)17)16-8-11/h3-8,10,17H,1-2H3/t10-/m1/s1. The van der Waals surface area contributed by atoms with Crippen LogP contribution in [-0.4, -0.2) is 10.1 Å². The lowest BCUT2D eigenvalue weighted by atomic mass is 10.2. The summed E-state index contributed by atoms with van der Waals surface area (Å²) in [6.45, 7) is 3.63. The third-order valence-electron chi connectivity index (χ3n) is 2.50. The van der Waals surface area contributed by atoms with E-state index in [1.165, 1.54) is 0 Å². The van der Waals surface area contributed by atoms with Gasteiger partial charge in [-0.1, -0.05) is 17.7 Å². The second kappa shape index (κ2) is 5.38. The fourth-order valence-corrected chi connectivity index (χ4v) is 1.79. The SMILES string of the molecule is Cc1ccc(Oc2ccc([C@@H](C)O)nc2)c(Cl)c1. The fourth-order valence-electron chi connectivity index (χ4n) is 1.51. The van der Waals surface area contributed by atoms with Crippen molar-refractivity contribution < 1.29 is 9.84 Å². The molecule has 1 aromatic carbocycles. The molecule has 18 heavy (non-hydrogen) atoms. The number of rotatable bonds is 3. The molecular formula is C14H14ClNO2. The predicted molar refractivity (Wildman–Crippen MR) is 71.1 cm³/mol. The minimum absolute atomic E-state index is 0.564. The molecule has 0 saturated heterocycles. The summed E-state index contributed by atoms with van der Waals surface area (Å²) in [4.78, 5) is 4.10. The zero-order chi connectivity index (χ0) is 13.1. The fraction of sp³-hybridized carbons (Fsp3) is 0.214. The van der Waals surface area contributed by atoms with Crippen LogP contribution >= 0.6 is 11.6 Å². The first kappa shape index (κ1) is 12.9. The highest BCUT2D eigenvalue weighted by molar-refractivity contribution is 6.32. The molecule has 0 spiro atoms. The Morgan fingerprint density at radius 2 is 2.06 bits per heavy atom. The molecule has 0 fully saturated rings. The van der Waals surface area contributed by atoms with Gasteiger partial charge in [-0.05, 0) is 43.7 Å². The molecule has 4 heteroatoms. The molecule has 1 heterocycles. The molecule has 0 aliphatic rings. The summed E-state index contributed by atoms with van der Waals surface area (Å²) in [5.74, 6) is 1.18. The van der Waals surface area contributed by atoms with Crippen molar-refractivity contribution in [2.45, 2.75) is 20.0 Å². The Hall–Kier alpha value is -1.58. The van der Waals surface area contributed by atoms with Crippen molar-refractivity contribution in [2.24, 2.45) is 0 Å². The third-order valence-corrected chi connectivity index (χ3v) is 2.80. The Morgan fingerprint density at radius 1 is 1.28 bits per heavy atom. The average molecular weight is 264 g/mol. The van der Waals surface area contributed by atoms with Crippen LogP contribution in [0, 0.1) is 6.92 Å². The molecule has 0 bridgehead atoms. The number of benzene rings is 1. The molecule has 0 aliphatic heterocycles. The minimum atomic E-state index is -0.581. The van der Waals surface area contributed by atoms with Crippen molar-refractivity contribution in [2.75, 3.05) is 0 Å². The van der Waals surface area contributed by atoms with Crippen LogP contribution in [0.1, 0.15) is 24.3 Å². The monoisotopic (exact) mass is 263 g/mol. The molecule has 0 aliphatic carbocycles. The normalized spacial score (nSPS) is 12.2. The number of pyridine rings is 1. The van der Waals surface area contributed by atoms with Gasteiger partial charge in [0.05, 0.1) is 23.0 Å². The van der Waals surface area contributed by atoms with Crippen LogP contribution in [0.5, 0.6) is 11.5 Å². The zero-order valence-corrected chi connectivity index (χ0v) is 11.0. The van der Waals surface area contributed by atoms with E-state index in [1.54, 1.807) is 25.3 Å². The largest absolute Gasteiger partial charge is 0.454 e. The number of nitrogens with zero attached hydrogens (tertiary/aromatic N) is 1. The molecule has 0 amide bonds. The maximum Gasteiger partial charge on any atom is 0.146 e. The lowest BCUT2D eigenvalue weighted by Crippen LogP contribution is -1.95. The Balaban J connectivity index is 2.18. The van der Waals surface area contributed by atoms with E-state index in [0.717, 1.165) is 5.56 Å². The molecule has 0 radical (unpaired) electrons. The van der Waals surface area contributed by atoms with Gasteiger partial charge in [0.1, 0.15) is 11.5 Å². The van der Waals surface area contributed by atoms with Gasteiger partial charge in [-0.25, -0.2) is 0 Å². The van der Waals surface area contributed by atoms with Crippen LogP contribution in [-0.2, 0) is 0 Å². The van der Waals surface area contributed by atoms with E-state index in [0.29, 0.717) is 22.2 Å². The molecule has 94 valence electrons. The summed E-state index contributed by atoms with van der Waals surface area (Å²) < 4.78 is 5.62. The lowest BCUT2D eigenvalue weighted by Gasteiger charge is -2.09. The summed E-state index contributed by atoms with van der Waals surface area (Å²) in [5.41, 5.74) is 1.69. The topological polar surface area (TPSA) is 42.4 Å². The van der Waals surface area contributed by atoms with Gasteiger partial charge in [-0.2, -0.15) is 0 Å². The molecule has 0 saturated carbocycles. The number of ether oxygens (including phenoxy) is 1. The van der Waals surface area contributed by atoms with E-state index in [9.17, 15) is 5.11 Å². The van der Waals surface area contributed by atoms with E-state index < -0.39 is 6.10 Å². The first-order valence-corrected chi connectivity index (χ1v) is 6.02. The quantitative estimate of drug-likeness (QED) is 0.914. The number of aryl methyl sites for hydroxylation is 1. The van der Waals surface area contributed by atoms with E-state index >= 15 is 0 Å². The second-order valence-corrected chi connectivity index (χ2v) is 4.54. The lowest BCUT2D eigenvalue weighted by molar-refractivity contribution is 0.194. The maximum atomic E-state index is 9.35. The highest BCUT2D eigenvalue weighted by Crippen LogP contribution is 2.29. The Morgan fingerprint density at radius 3 is 2.61 bits per heavy atom. The Kier molecular flexibility index (Phi) is 3.84. The summed E-state index contributed by atoms with van der Waals surface area (Å²) in [6, 6.07) is 9.07. The van der Waals surface area contributed by atoms with Gasteiger partial charge in [0.2, 0.25) is 0 Å². The second-order valence-electron chi connectivity index (χ2n) is 4.13. The molecule has 0 unspecified atom stereocenters. The molecule has 1 N–H and O–H groups in total.